The number of nitrogen functional groups attached to an aromatic ring is 1. The van der Waals surface area contributed by atoms with Gasteiger partial charge in [0, 0.05) is 16.8 Å². The SMILES string of the molecule is C=C(Cl)/N=C(\N=C(/N)OC)Nc1ccc(Nc2cc(S(=O)(=O)O)c(N)c3c2C(=O)c2ccccc2C3=O)cc1S(=O)(=O)O. The Hall–Kier alpha value is -4.81. The van der Waals surface area contributed by atoms with Gasteiger partial charge in [0.15, 0.2) is 11.6 Å². The predicted octanol–water partition coefficient (Wildman–Crippen LogP) is 2.72. The van der Waals surface area contributed by atoms with Crippen LogP contribution < -0.4 is 22.1 Å². The number of ether oxygens (including phenoxy) is 1. The van der Waals surface area contributed by atoms with E-state index in [1.54, 1.807) is 0 Å². The molecule has 3 aromatic carbocycles. The number of guanidine groups is 1. The number of carbonyl (C=O) groups is 2. The Kier molecular flexibility index (Phi) is 8.30. The van der Waals surface area contributed by atoms with Gasteiger partial charge in [-0.1, -0.05) is 42.4 Å². The maximum Gasteiger partial charge on any atom is 0.296 e. The number of ketones is 2. The van der Waals surface area contributed by atoms with E-state index in [4.69, 9.17) is 27.8 Å². The summed E-state index contributed by atoms with van der Waals surface area (Å²) in [5, 5.41) is 4.92. The van der Waals surface area contributed by atoms with Crippen LogP contribution in [0.1, 0.15) is 31.8 Å². The number of nitrogens with zero attached hydrogens (tertiary/aromatic N) is 2. The lowest BCUT2D eigenvalue weighted by atomic mass is 9.82. The van der Waals surface area contributed by atoms with Crippen molar-refractivity contribution in [2.75, 3.05) is 23.5 Å². The fourth-order valence-electron chi connectivity index (χ4n) is 4.14. The highest BCUT2D eigenvalue weighted by molar-refractivity contribution is 7.86. The topological polar surface area (TPSA) is 253 Å². The van der Waals surface area contributed by atoms with Gasteiger partial charge < -0.3 is 26.8 Å². The summed E-state index contributed by atoms with van der Waals surface area (Å²) < 4.78 is 73.5. The highest BCUT2D eigenvalue weighted by Gasteiger charge is 2.36. The van der Waals surface area contributed by atoms with Crippen LogP contribution in [0.4, 0.5) is 22.7 Å². The summed E-state index contributed by atoms with van der Waals surface area (Å²) in [7, 11) is -8.78. The van der Waals surface area contributed by atoms with Gasteiger partial charge in [-0.15, -0.1) is 0 Å². The summed E-state index contributed by atoms with van der Waals surface area (Å²) in [5.74, 6) is -1.86. The monoisotopic (exact) mass is 648 g/mol. The molecule has 0 unspecified atom stereocenters. The second-order valence-corrected chi connectivity index (χ2v) is 11.9. The first-order valence-corrected chi connectivity index (χ1v) is 14.9. The molecular weight excluding hydrogens is 628 g/mol. The number of benzene rings is 3. The largest absolute Gasteiger partial charge is 0.468 e. The normalized spacial score (nSPS) is 13.7. The molecule has 0 atom stereocenters. The number of aliphatic imine (C=N–C) groups is 2. The molecule has 0 saturated carbocycles. The number of carbonyl (C=O) groups excluding carboxylic acids is 2. The number of fused-ring (bicyclic) bond motifs is 2. The van der Waals surface area contributed by atoms with Crippen LogP contribution in [0.2, 0.25) is 0 Å². The maximum atomic E-state index is 13.5. The van der Waals surface area contributed by atoms with Crippen molar-refractivity contribution in [1.29, 1.82) is 0 Å². The van der Waals surface area contributed by atoms with Gasteiger partial charge in [0.2, 0.25) is 5.96 Å². The van der Waals surface area contributed by atoms with Crippen LogP contribution in [0.15, 0.2) is 80.0 Å². The minimum Gasteiger partial charge on any atom is -0.468 e. The van der Waals surface area contributed by atoms with Crippen LogP contribution >= 0.6 is 11.6 Å². The first-order chi connectivity index (χ1) is 20.0. The molecule has 43 heavy (non-hydrogen) atoms. The van der Waals surface area contributed by atoms with E-state index in [9.17, 15) is 35.5 Å². The minimum atomic E-state index is -5.01. The third-order valence-corrected chi connectivity index (χ3v) is 7.79. The number of methoxy groups -OCH3 is 1. The number of hydrogen-bond donors (Lipinski definition) is 6. The molecule has 0 heterocycles. The van der Waals surface area contributed by atoms with Gasteiger partial charge in [-0.05, 0) is 24.3 Å². The molecule has 8 N–H and O–H groups in total. The molecular formula is C25H21ClN6O9S2. The van der Waals surface area contributed by atoms with Gasteiger partial charge >= 0.3 is 0 Å². The highest BCUT2D eigenvalue weighted by Crippen LogP contribution is 2.40. The number of amidine groups is 1. The number of rotatable bonds is 6. The zero-order valence-electron chi connectivity index (χ0n) is 21.8. The number of hydrogen-bond acceptors (Lipinski definition) is 10. The molecule has 1 aliphatic carbocycles. The predicted molar refractivity (Wildman–Crippen MR) is 158 cm³/mol. The third kappa shape index (κ3) is 6.35. The standard InChI is InChI=1S/C25H21ClN6O9S2/c1-11(26)29-25(32-24(28)41-2)31-15-8-7-12(9-17(15)42(35,36)37)30-16-10-18(43(38,39)40)21(27)20-19(16)22(33)13-5-3-4-6-14(13)23(20)34/h3-10,30H,1,27H2,2H3,(H,35,36,37)(H,38,39,40)(H3,28,29,31,32). The molecule has 0 amide bonds. The first-order valence-electron chi connectivity index (χ1n) is 11.6. The van der Waals surface area contributed by atoms with Crippen LogP contribution in [0.5, 0.6) is 0 Å². The molecule has 0 bridgehead atoms. The van der Waals surface area contributed by atoms with Crippen molar-refractivity contribution in [2.45, 2.75) is 9.79 Å². The van der Waals surface area contributed by atoms with Gasteiger partial charge in [0.05, 0.1) is 35.3 Å². The quantitative estimate of drug-likeness (QED) is 0.0579. The van der Waals surface area contributed by atoms with Crippen LogP contribution in [-0.2, 0) is 25.0 Å². The summed E-state index contributed by atoms with van der Waals surface area (Å²) in [6.45, 7) is 3.38. The van der Waals surface area contributed by atoms with Crippen molar-refractivity contribution < 1.29 is 40.3 Å². The third-order valence-electron chi connectivity index (χ3n) is 5.92. The zero-order valence-corrected chi connectivity index (χ0v) is 24.2. The van der Waals surface area contributed by atoms with Crippen molar-refractivity contribution in [3.8, 4) is 0 Å². The van der Waals surface area contributed by atoms with E-state index in [2.05, 4.69) is 27.2 Å². The average Bonchev–Trinajstić information content (AvgIpc) is 2.91. The second kappa shape index (κ2) is 11.5. The first kappa shape index (κ1) is 31.1. The van der Waals surface area contributed by atoms with Gasteiger partial charge in [-0.3, -0.25) is 18.7 Å². The Morgan fingerprint density at radius 3 is 2.02 bits per heavy atom. The van der Waals surface area contributed by atoms with Gasteiger partial charge in [-0.2, -0.15) is 21.8 Å². The van der Waals surface area contributed by atoms with Crippen molar-refractivity contribution in [1.82, 2.24) is 0 Å². The summed E-state index contributed by atoms with van der Waals surface area (Å²) in [6.07, 6.45) is 0. The van der Waals surface area contributed by atoms with Crippen molar-refractivity contribution in [2.24, 2.45) is 15.7 Å². The number of nitrogens with one attached hydrogen (secondary N) is 2. The van der Waals surface area contributed by atoms with E-state index in [1.807, 2.05) is 0 Å². The van der Waals surface area contributed by atoms with Crippen LogP contribution in [0.25, 0.3) is 0 Å². The molecule has 0 aliphatic heterocycles. The smallest absolute Gasteiger partial charge is 0.296 e. The fourth-order valence-corrected chi connectivity index (χ4v) is 5.54. The van der Waals surface area contributed by atoms with Crippen LogP contribution in [0.3, 0.4) is 0 Å². The fraction of sp³-hybridized carbons (Fsp3) is 0.0400. The Morgan fingerprint density at radius 2 is 1.49 bits per heavy atom. The highest BCUT2D eigenvalue weighted by atomic mass is 35.5. The van der Waals surface area contributed by atoms with Gasteiger partial charge in [-0.25, -0.2) is 4.99 Å². The molecule has 0 saturated heterocycles. The lowest BCUT2D eigenvalue weighted by Gasteiger charge is -2.24. The lowest BCUT2D eigenvalue weighted by molar-refractivity contribution is 0.0980. The van der Waals surface area contributed by atoms with Crippen LogP contribution in [0, 0.1) is 0 Å². The summed E-state index contributed by atoms with van der Waals surface area (Å²) >= 11 is 5.71. The Balaban J connectivity index is 1.90. The van der Waals surface area contributed by atoms with Gasteiger partial charge in [0.1, 0.15) is 14.9 Å². The molecule has 15 nitrogen and oxygen atoms in total. The molecule has 18 heteroatoms. The summed E-state index contributed by atoms with van der Waals surface area (Å²) in [4.78, 5) is 32.8. The Bertz CT molecular complexity index is 2010. The van der Waals surface area contributed by atoms with Crippen molar-refractivity contribution in [3.63, 3.8) is 0 Å². The molecule has 224 valence electrons. The average molecular weight is 649 g/mol. The Labute approximate surface area is 249 Å². The Morgan fingerprint density at radius 1 is 0.907 bits per heavy atom. The zero-order chi connectivity index (χ0) is 31.9. The van der Waals surface area contributed by atoms with E-state index in [1.165, 1.54) is 37.4 Å². The summed E-state index contributed by atoms with van der Waals surface area (Å²) in [6, 6.07) is 9.50. The van der Waals surface area contributed by atoms with Gasteiger partial charge in [0.25, 0.3) is 26.3 Å². The van der Waals surface area contributed by atoms with Crippen molar-refractivity contribution >= 4 is 78.1 Å². The van der Waals surface area contributed by atoms with Crippen molar-refractivity contribution in [3.05, 3.63) is 82.5 Å². The molecule has 4 rings (SSSR count). The summed E-state index contributed by atoms with van der Waals surface area (Å²) in [5.41, 5.74) is 9.29. The minimum absolute atomic E-state index is 0.00353. The maximum absolute atomic E-state index is 13.5. The van der Waals surface area contributed by atoms with Crippen LogP contribution in [-0.4, -0.2) is 56.6 Å². The molecule has 3 aromatic rings. The van der Waals surface area contributed by atoms with E-state index in [0.29, 0.717) is 0 Å². The number of nitrogens with two attached hydrogens (primary N) is 2. The molecule has 0 radical (unpaired) electrons. The second-order valence-electron chi connectivity index (χ2n) is 8.67. The molecule has 0 spiro atoms. The van der Waals surface area contributed by atoms with E-state index in [-0.39, 0.29) is 50.9 Å². The number of anilines is 4. The van der Waals surface area contributed by atoms with E-state index >= 15 is 0 Å². The van der Waals surface area contributed by atoms with E-state index < -0.39 is 52.8 Å². The van der Waals surface area contributed by atoms with E-state index in [0.717, 1.165) is 18.2 Å². The number of halogens is 1. The molecule has 1 aliphatic rings. The molecule has 0 fully saturated rings. The molecule has 0 aromatic heterocycles. The lowest BCUT2D eigenvalue weighted by Crippen LogP contribution is -2.25.